The maximum atomic E-state index is 11.9. The monoisotopic (exact) mass is 341 g/mol. The number of carbonyl (C=O) groups is 2. The van der Waals surface area contributed by atoms with Crippen molar-refractivity contribution in [3.63, 3.8) is 0 Å². The maximum Gasteiger partial charge on any atom is 0.408 e. The molecule has 7 heteroatoms. The van der Waals surface area contributed by atoms with E-state index in [2.05, 4.69) is 15.3 Å². The molecule has 130 valence electrons. The molecule has 2 fully saturated rings. The molecule has 2 aromatic rings. The molecule has 1 saturated carbocycles. The molecular formula is C18H19N3O4. The molecule has 1 aliphatic heterocycles. The summed E-state index contributed by atoms with van der Waals surface area (Å²) < 4.78 is 10.8. The lowest BCUT2D eigenvalue weighted by molar-refractivity contribution is -0.121. The van der Waals surface area contributed by atoms with Gasteiger partial charge in [-0.05, 0) is 30.9 Å². The number of ether oxygens (including phenoxy) is 2. The Morgan fingerprint density at radius 3 is 2.76 bits per heavy atom. The fourth-order valence-corrected chi connectivity index (χ4v) is 3.75. The first-order chi connectivity index (χ1) is 12.2. The second-order valence-electron chi connectivity index (χ2n) is 6.49. The number of carbonyl (C=O) groups excluding carboxylic acids is 2. The van der Waals surface area contributed by atoms with E-state index in [0.717, 1.165) is 23.9 Å². The molecule has 2 aliphatic rings. The summed E-state index contributed by atoms with van der Waals surface area (Å²) in [7, 11) is 1.56. The van der Waals surface area contributed by atoms with Gasteiger partial charge in [-0.1, -0.05) is 0 Å². The predicted octanol–water partition coefficient (Wildman–Crippen LogP) is 2.55. The van der Waals surface area contributed by atoms with Gasteiger partial charge in [-0.3, -0.25) is 9.78 Å². The topological polar surface area (TPSA) is 90.4 Å². The van der Waals surface area contributed by atoms with Crippen LogP contribution in [0, 0.1) is 5.92 Å². The lowest BCUT2D eigenvalue weighted by Crippen LogP contribution is -2.37. The van der Waals surface area contributed by atoms with Gasteiger partial charge in [-0.2, -0.15) is 0 Å². The number of pyridine rings is 2. The van der Waals surface area contributed by atoms with Gasteiger partial charge in [0.15, 0.2) is 6.10 Å². The number of Topliss-reactive ketones (excluding diaryl/α,β-unsaturated/α-hetero) is 1. The molecule has 25 heavy (non-hydrogen) atoms. The lowest BCUT2D eigenvalue weighted by Gasteiger charge is -2.29. The highest BCUT2D eigenvalue weighted by Crippen LogP contribution is 2.38. The van der Waals surface area contributed by atoms with Crippen LogP contribution in [0.1, 0.15) is 37.4 Å². The van der Waals surface area contributed by atoms with Crippen molar-refractivity contribution in [2.45, 2.75) is 37.8 Å². The van der Waals surface area contributed by atoms with Gasteiger partial charge in [0.1, 0.15) is 5.78 Å². The smallest absolute Gasteiger partial charge is 0.408 e. The fourth-order valence-electron chi connectivity index (χ4n) is 3.75. The number of alkyl carbamates (subject to hydrolysis) is 1. The average Bonchev–Trinajstić information content (AvgIpc) is 3.03. The van der Waals surface area contributed by atoms with Crippen LogP contribution in [0.25, 0.3) is 11.0 Å². The zero-order chi connectivity index (χ0) is 17.4. The van der Waals surface area contributed by atoms with Gasteiger partial charge in [0.05, 0.1) is 24.2 Å². The Morgan fingerprint density at radius 2 is 2.00 bits per heavy atom. The molecule has 0 aromatic carbocycles. The highest BCUT2D eigenvalue weighted by atomic mass is 16.6. The summed E-state index contributed by atoms with van der Waals surface area (Å²) in [6.45, 7) is 0. The van der Waals surface area contributed by atoms with Crippen LogP contribution < -0.4 is 10.1 Å². The second-order valence-corrected chi connectivity index (χ2v) is 6.49. The summed E-state index contributed by atoms with van der Waals surface area (Å²) in [5, 5.41) is 2.93. The van der Waals surface area contributed by atoms with Crippen LogP contribution in [0.2, 0.25) is 0 Å². The standard InChI is InChI=1S/C18H19N3O4/c1-24-14-7-6-13-16(20-14)12(8-9-19-13)17-15(21-18(23)25-17)10-2-4-11(22)5-3-10/h6-10,15,17H,2-5H2,1H3,(H,21,23)/t15-,17-/m1/s1. The molecule has 1 amide bonds. The van der Waals surface area contributed by atoms with Gasteiger partial charge in [0, 0.05) is 30.7 Å². The number of amides is 1. The number of methoxy groups -OCH3 is 1. The first-order valence-electron chi connectivity index (χ1n) is 8.44. The van der Waals surface area contributed by atoms with E-state index in [-0.39, 0.29) is 12.0 Å². The summed E-state index contributed by atoms with van der Waals surface area (Å²) in [6.07, 6.45) is 3.47. The van der Waals surface area contributed by atoms with Gasteiger partial charge in [0.2, 0.25) is 5.88 Å². The number of nitrogens with zero attached hydrogens (tertiary/aromatic N) is 2. The van der Waals surface area contributed by atoms with E-state index >= 15 is 0 Å². The molecule has 3 heterocycles. The minimum Gasteiger partial charge on any atom is -0.481 e. The molecule has 1 aliphatic carbocycles. The van der Waals surface area contributed by atoms with Crippen LogP contribution in [0.15, 0.2) is 24.4 Å². The number of nitrogens with one attached hydrogen (secondary N) is 1. The van der Waals surface area contributed by atoms with E-state index in [1.165, 1.54) is 0 Å². The van der Waals surface area contributed by atoms with E-state index in [9.17, 15) is 9.59 Å². The zero-order valence-corrected chi connectivity index (χ0v) is 13.9. The van der Waals surface area contributed by atoms with Crippen molar-refractivity contribution in [1.82, 2.24) is 15.3 Å². The summed E-state index contributed by atoms with van der Waals surface area (Å²) in [6, 6.07) is 5.26. The molecule has 0 bridgehead atoms. The molecule has 0 unspecified atom stereocenters. The molecule has 7 nitrogen and oxygen atoms in total. The third kappa shape index (κ3) is 2.90. The average molecular weight is 341 g/mol. The number of cyclic esters (lactones) is 1. The Morgan fingerprint density at radius 1 is 1.20 bits per heavy atom. The lowest BCUT2D eigenvalue weighted by atomic mass is 9.80. The van der Waals surface area contributed by atoms with Crippen molar-refractivity contribution >= 4 is 22.9 Å². The SMILES string of the molecule is COc1ccc2nccc([C@H]3OC(=O)N[C@@H]3C3CCC(=O)CC3)c2n1. The Hall–Kier alpha value is -2.70. The summed E-state index contributed by atoms with van der Waals surface area (Å²) in [4.78, 5) is 32.3. The molecule has 0 radical (unpaired) electrons. The van der Waals surface area contributed by atoms with E-state index in [1.54, 1.807) is 19.4 Å². The van der Waals surface area contributed by atoms with Crippen molar-refractivity contribution in [2.75, 3.05) is 7.11 Å². The van der Waals surface area contributed by atoms with E-state index in [4.69, 9.17) is 9.47 Å². The number of ketones is 1. The van der Waals surface area contributed by atoms with Crippen molar-refractivity contribution in [3.8, 4) is 5.88 Å². The van der Waals surface area contributed by atoms with Crippen LogP contribution in [0.3, 0.4) is 0 Å². The van der Waals surface area contributed by atoms with Crippen LogP contribution in [0.5, 0.6) is 5.88 Å². The maximum absolute atomic E-state index is 11.9. The molecule has 1 N–H and O–H groups in total. The summed E-state index contributed by atoms with van der Waals surface area (Å²) in [5.74, 6) is 0.987. The quantitative estimate of drug-likeness (QED) is 0.923. The number of fused-ring (bicyclic) bond motifs is 1. The van der Waals surface area contributed by atoms with E-state index in [0.29, 0.717) is 30.0 Å². The van der Waals surface area contributed by atoms with Crippen molar-refractivity contribution in [2.24, 2.45) is 5.92 Å². The fraction of sp³-hybridized carbons (Fsp3) is 0.444. The Labute approximate surface area is 144 Å². The Kier molecular flexibility index (Phi) is 3.99. The molecule has 0 spiro atoms. The largest absolute Gasteiger partial charge is 0.481 e. The van der Waals surface area contributed by atoms with Gasteiger partial charge < -0.3 is 14.8 Å². The molecule has 2 aromatic heterocycles. The van der Waals surface area contributed by atoms with Gasteiger partial charge in [0.25, 0.3) is 0 Å². The molecule has 1 saturated heterocycles. The molecule has 4 rings (SSSR count). The third-order valence-electron chi connectivity index (χ3n) is 5.05. The minimum atomic E-state index is -0.448. The van der Waals surface area contributed by atoms with Crippen molar-refractivity contribution in [1.29, 1.82) is 0 Å². The van der Waals surface area contributed by atoms with Gasteiger partial charge in [-0.25, -0.2) is 9.78 Å². The van der Waals surface area contributed by atoms with Crippen LogP contribution >= 0.6 is 0 Å². The van der Waals surface area contributed by atoms with E-state index < -0.39 is 12.2 Å². The number of hydrogen-bond acceptors (Lipinski definition) is 6. The predicted molar refractivity (Wildman–Crippen MR) is 89.2 cm³/mol. The molecular weight excluding hydrogens is 322 g/mol. The zero-order valence-electron chi connectivity index (χ0n) is 13.9. The first kappa shape index (κ1) is 15.8. The second kappa shape index (κ2) is 6.31. The van der Waals surface area contributed by atoms with Crippen LogP contribution in [-0.4, -0.2) is 35.0 Å². The highest BCUT2D eigenvalue weighted by molar-refractivity contribution is 5.81. The minimum absolute atomic E-state index is 0.167. The summed E-state index contributed by atoms with van der Waals surface area (Å²) in [5.41, 5.74) is 2.20. The van der Waals surface area contributed by atoms with Gasteiger partial charge >= 0.3 is 6.09 Å². The number of rotatable bonds is 3. The normalized spacial score (nSPS) is 24.2. The first-order valence-corrected chi connectivity index (χ1v) is 8.44. The summed E-state index contributed by atoms with van der Waals surface area (Å²) >= 11 is 0. The Bertz CT molecular complexity index is 828. The molecule has 2 atom stereocenters. The number of hydrogen-bond donors (Lipinski definition) is 1. The van der Waals surface area contributed by atoms with E-state index in [1.807, 2.05) is 12.1 Å². The number of aromatic nitrogens is 2. The Balaban J connectivity index is 1.72. The highest BCUT2D eigenvalue weighted by Gasteiger charge is 2.42. The van der Waals surface area contributed by atoms with Gasteiger partial charge in [-0.15, -0.1) is 0 Å². The third-order valence-corrected chi connectivity index (χ3v) is 5.05. The van der Waals surface area contributed by atoms with Crippen molar-refractivity contribution < 1.29 is 19.1 Å². The van der Waals surface area contributed by atoms with Crippen LogP contribution in [-0.2, 0) is 9.53 Å². The van der Waals surface area contributed by atoms with Crippen molar-refractivity contribution in [3.05, 3.63) is 30.0 Å². The van der Waals surface area contributed by atoms with Crippen LogP contribution in [0.4, 0.5) is 4.79 Å².